The van der Waals surface area contributed by atoms with Gasteiger partial charge in [0.2, 0.25) is 0 Å². The number of thioether (sulfide) groups is 1. The lowest BCUT2D eigenvalue weighted by atomic mass is 10.1. The fraction of sp³-hybridized carbons (Fsp3) is 0.250. The smallest absolute Gasteiger partial charge is 0.262 e. The molecule has 0 amide bonds. The number of halogens is 1. The van der Waals surface area contributed by atoms with Crippen molar-refractivity contribution in [2.24, 2.45) is 0 Å². The Labute approximate surface area is 155 Å². The van der Waals surface area contributed by atoms with Crippen LogP contribution in [0.1, 0.15) is 36.7 Å². The van der Waals surface area contributed by atoms with Gasteiger partial charge in [0.15, 0.2) is 10.9 Å². The molecule has 0 aliphatic rings. The lowest BCUT2D eigenvalue weighted by molar-refractivity contribution is 0.101. The van der Waals surface area contributed by atoms with E-state index in [4.69, 9.17) is 0 Å². The molecule has 3 aromatic rings. The third-order valence-electron chi connectivity index (χ3n) is 4.31. The Bertz CT molecular complexity index is 1020. The molecule has 6 heteroatoms. The van der Waals surface area contributed by atoms with Crippen molar-refractivity contribution in [3.05, 3.63) is 70.3 Å². The number of Topliss-reactive ketones (excluding diaryl/α,β-unsaturated/α-hetero) is 1. The first-order valence-corrected chi connectivity index (χ1v) is 9.43. The number of aromatic nitrogens is 2. The first kappa shape index (κ1) is 18.3. The number of fused-ring (bicyclic) bond motifs is 1. The second-order valence-corrected chi connectivity index (χ2v) is 6.98. The molecule has 4 nitrogen and oxygen atoms in total. The number of nitrogens with zero attached hydrogens (tertiary/aromatic N) is 2. The van der Waals surface area contributed by atoms with E-state index in [9.17, 15) is 14.0 Å². The number of benzene rings is 2. The third-order valence-corrected chi connectivity index (χ3v) is 5.27. The molecule has 1 atom stereocenters. The zero-order valence-corrected chi connectivity index (χ0v) is 15.4. The Hall–Kier alpha value is -2.47. The maximum absolute atomic E-state index is 13.8. The summed E-state index contributed by atoms with van der Waals surface area (Å²) in [6, 6.07) is 13.0. The molecule has 0 saturated carbocycles. The maximum Gasteiger partial charge on any atom is 0.262 e. The van der Waals surface area contributed by atoms with Crippen LogP contribution in [0, 0.1) is 5.82 Å². The van der Waals surface area contributed by atoms with Crippen LogP contribution in [0.4, 0.5) is 4.39 Å². The largest absolute Gasteiger partial charge is 0.293 e. The fourth-order valence-electron chi connectivity index (χ4n) is 2.69. The van der Waals surface area contributed by atoms with Crippen molar-refractivity contribution in [1.29, 1.82) is 0 Å². The van der Waals surface area contributed by atoms with E-state index < -0.39 is 5.82 Å². The molecule has 1 aromatic heterocycles. The number of hydrogen-bond acceptors (Lipinski definition) is 4. The number of carbonyl (C=O) groups excluding carboxylic acids is 1. The van der Waals surface area contributed by atoms with Crippen molar-refractivity contribution >= 4 is 28.4 Å². The second-order valence-electron chi connectivity index (χ2n) is 6.04. The molecular weight excluding hydrogens is 351 g/mol. The van der Waals surface area contributed by atoms with Crippen molar-refractivity contribution in [2.75, 3.05) is 5.75 Å². The molecule has 0 spiro atoms. The summed E-state index contributed by atoms with van der Waals surface area (Å²) < 4.78 is 15.4. The molecule has 0 aliphatic heterocycles. The van der Waals surface area contributed by atoms with Crippen LogP contribution in [0.5, 0.6) is 0 Å². The number of rotatable bonds is 6. The van der Waals surface area contributed by atoms with E-state index >= 15 is 0 Å². The van der Waals surface area contributed by atoms with Gasteiger partial charge in [-0.1, -0.05) is 43.0 Å². The molecule has 26 heavy (non-hydrogen) atoms. The van der Waals surface area contributed by atoms with Crippen molar-refractivity contribution in [2.45, 2.75) is 31.5 Å². The highest BCUT2D eigenvalue weighted by Gasteiger charge is 2.18. The average Bonchev–Trinajstić information content (AvgIpc) is 2.66. The van der Waals surface area contributed by atoms with Crippen LogP contribution in [0.3, 0.4) is 0 Å². The van der Waals surface area contributed by atoms with Crippen LogP contribution in [0.25, 0.3) is 10.9 Å². The summed E-state index contributed by atoms with van der Waals surface area (Å²) in [5.41, 5.74) is 0.530. The van der Waals surface area contributed by atoms with Gasteiger partial charge in [0.25, 0.3) is 5.56 Å². The van der Waals surface area contributed by atoms with Gasteiger partial charge in [-0.05, 0) is 37.6 Å². The molecular formula is C20H19FN2O2S. The summed E-state index contributed by atoms with van der Waals surface area (Å²) in [7, 11) is 0. The van der Waals surface area contributed by atoms with E-state index in [-0.39, 0.29) is 28.7 Å². The number of para-hydroxylation sites is 1. The molecule has 0 bridgehead atoms. The van der Waals surface area contributed by atoms with Gasteiger partial charge in [-0.25, -0.2) is 9.37 Å². The van der Waals surface area contributed by atoms with E-state index in [0.717, 1.165) is 6.42 Å². The molecule has 0 unspecified atom stereocenters. The lowest BCUT2D eigenvalue weighted by Gasteiger charge is -2.18. The minimum absolute atomic E-state index is 0.0160. The first-order chi connectivity index (χ1) is 12.5. The van der Waals surface area contributed by atoms with Crippen LogP contribution >= 0.6 is 11.8 Å². The Morgan fingerprint density at radius 1 is 1.19 bits per heavy atom. The third kappa shape index (κ3) is 3.55. The fourth-order valence-corrected chi connectivity index (χ4v) is 3.67. The molecule has 1 heterocycles. The van der Waals surface area contributed by atoms with Crippen LogP contribution in [0.15, 0.2) is 58.5 Å². The zero-order valence-electron chi connectivity index (χ0n) is 14.6. The summed E-state index contributed by atoms with van der Waals surface area (Å²) in [4.78, 5) is 29.8. The Morgan fingerprint density at radius 3 is 2.62 bits per heavy atom. The topological polar surface area (TPSA) is 52.0 Å². The van der Waals surface area contributed by atoms with Crippen LogP contribution in [-0.4, -0.2) is 21.1 Å². The van der Waals surface area contributed by atoms with E-state index in [0.29, 0.717) is 16.1 Å². The van der Waals surface area contributed by atoms with Gasteiger partial charge in [0.05, 0.1) is 22.2 Å². The van der Waals surface area contributed by atoms with Gasteiger partial charge in [0, 0.05) is 6.04 Å². The van der Waals surface area contributed by atoms with Gasteiger partial charge < -0.3 is 0 Å². The molecule has 2 aromatic carbocycles. The summed E-state index contributed by atoms with van der Waals surface area (Å²) in [6.07, 6.45) is 0.759. The highest BCUT2D eigenvalue weighted by Crippen LogP contribution is 2.23. The quantitative estimate of drug-likeness (QED) is 0.365. The van der Waals surface area contributed by atoms with Gasteiger partial charge in [-0.2, -0.15) is 0 Å². The van der Waals surface area contributed by atoms with Crippen LogP contribution in [0.2, 0.25) is 0 Å². The Morgan fingerprint density at radius 2 is 1.88 bits per heavy atom. The molecule has 0 aliphatic carbocycles. The highest BCUT2D eigenvalue weighted by molar-refractivity contribution is 7.99. The van der Waals surface area contributed by atoms with Gasteiger partial charge in [-0.3, -0.25) is 14.2 Å². The monoisotopic (exact) mass is 370 g/mol. The Balaban J connectivity index is 1.97. The van der Waals surface area contributed by atoms with Crippen LogP contribution < -0.4 is 5.56 Å². The van der Waals surface area contributed by atoms with Crippen LogP contribution in [-0.2, 0) is 0 Å². The highest BCUT2D eigenvalue weighted by atomic mass is 32.2. The normalized spacial score (nSPS) is 12.3. The molecule has 0 fully saturated rings. The summed E-state index contributed by atoms with van der Waals surface area (Å²) >= 11 is 1.17. The van der Waals surface area contributed by atoms with Crippen molar-refractivity contribution in [3.8, 4) is 0 Å². The van der Waals surface area contributed by atoms with E-state index in [1.165, 1.54) is 23.9 Å². The molecule has 0 saturated heterocycles. The van der Waals surface area contributed by atoms with Crippen molar-refractivity contribution in [1.82, 2.24) is 9.55 Å². The van der Waals surface area contributed by atoms with Gasteiger partial charge in [-0.15, -0.1) is 0 Å². The van der Waals surface area contributed by atoms with E-state index in [1.54, 1.807) is 34.9 Å². The maximum atomic E-state index is 13.8. The minimum Gasteiger partial charge on any atom is -0.293 e. The number of carbonyl (C=O) groups is 1. The van der Waals surface area contributed by atoms with Crippen molar-refractivity contribution < 1.29 is 9.18 Å². The lowest BCUT2D eigenvalue weighted by Crippen LogP contribution is -2.26. The Kier molecular flexibility index (Phi) is 5.52. The SMILES string of the molecule is CC[C@H](C)n1c(SCC(=O)c2ccccc2F)nc2ccccc2c1=O. The predicted octanol–water partition coefficient (Wildman–Crippen LogP) is 4.48. The summed E-state index contributed by atoms with van der Waals surface area (Å²) in [5.74, 6) is -0.850. The second kappa shape index (κ2) is 7.83. The first-order valence-electron chi connectivity index (χ1n) is 8.44. The van der Waals surface area contributed by atoms with E-state index in [1.807, 2.05) is 19.9 Å². The van der Waals surface area contributed by atoms with Crippen molar-refractivity contribution in [3.63, 3.8) is 0 Å². The molecule has 0 N–H and O–H groups in total. The molecule has 3 rings (SSSR count). The summed E-state index contributed by atoms with van der Waals surface area (Å²) in [5, 5.41) is 1.03. The van der Waals surface area contributed by atoms with Gasteiger partial charge in [0.1, 0.15) is 5.82 Å². The van der Waals surface area contributed by atoms with E-state index in [2.05, 4.69) is 4.98 Å². The number of hydrogen-bond donors (Lipinski definition) is 0. The summed E-state index contributed by atoms with van der Waals surface area (Å²) in [6.45, 7) is 3.94. The predicted molar refractivity (Wildman–Crippen MR) is 102 cm³/mol. The molecule has 134 valence electrons. The number of ketones is 1. The van der Waals surface area contributed by atoms with Gasteiger partial charge >= 0.3 is 0 Å². The zero-order chi connectivity index (χ0) is 18.7. The standard InChI is InChI=1S/C20H19FN2O2S/c1-3-13(2)23-19(25)15-9-5-7-11-17(15)22-20(23)26-12-18(24)14-8-4-6-10-16(14)21/h4-11,13H,3,12H2,1-2H3/t13-/m0/s1. The molecule has 0 radical (unpaired) electrons. The minimum atomic E-state index is -0.538. The average molecular weight is 370 g/mol.